The highest BCUT2D eigenvalue weighted by atomic mass is 15.3. The highest BCUT2D eigenvalue weighted by molar-refractivity contribution is 5.79. The Hall–Kier alpha value is -1.31. The molecule has 0 fully saturated rings. The smallest absolute Gasteiger partial charge is 0.0685 e. The highest BCUT2D eigenvalue weighted by Crippen LogP contribution is 2.17. The third kappa shape index (κ3) is 2.04. The van der Waals surface area contributed by atoms with E-state index in [1.807, 2.05) is 6.20 Å². The first-order chi connectivity index (χ1) is 7.35. The fraction of sp³-hybridized carbons (Fsp3) is 0.462. The Balaban J connectivity index is 2.42. The molecule has 0 amide bonds. The van der Waals surface area contributed by atoms with Crippen molar-refractivity contribution < 1.29 is 0 Å². The lowest BCUT2D eigenvalue weighted by molar-refractivity contribution is 0.622. The van der Waals surface area contributed by atoms with Gasteiger partial charge in [-0.15, -0.1) is 0 Å². The zero-order valence-corrected chi connectivity index (χ0v) is 9.53. The third-order valence-corrected chi connectivity index (χ3v) is 2.68. The standard InChI is InChI=1S/C13H18N2/c1-3-5-11-6-7-12-10-14-15(8-4-2)13(12)9-11/h6-7,9-10H,3-5,8H2,1-2H3. The average Bonchev–Trinajstić information content (AvgIpc) is 2.63. The number of benzene rings is 1. The van der Waals surface area contributed by atoms with E-state index in [9.17, 15) is 0 Å². The van der Waals surface area contributed by atoms with Gasteiger partial charge in [0.1, 0.15) is 0 Å². The van der Waals surface area contributed by atoms with E-state index >= 15 is 0 Å². The minimum Gasteiger partial charge on any atom is -0.265 e. The number of rotatable bonds is 4. The first-order valence-corrected chi connectivity index (χ1v) is 5.79. The van der Waals surface area contributed by atoms with Crippen LogP contribution in [0, 0.1) is 0 Å². The van der Waals surface area contributed by atoms with E-state index in [2.05, 4.69) is 41.8 Å². The lowest BCUT2D eigenvalue weighted by Crippen LogP contribution is -1.98. The average molecular weight is 202 g/mol. The third-order valence-electron chi connectivity index (χ3n) is 2.68. The van der Waals surface area contributed by atoms with Crippen LogP contribution >= 0.6 is 0 Å². The molecule has 15 heavy (non-hydrogen) atoms. The number of fused-ring (bicyclic) bond motifs is 1. The normalized spacial score (nSPS) is 11.1. The molecule has 1 aromatic heterocycles. The predicted octanol–water partition coefficient (Wildman–Crippen LogP) is 3.40. The molecule has 80 valence electrons. The van der Waals surface area contributed by atoms with Crippen molar-refractivity contribution in [3.8, 4) is 0 Å². The van der Waals surface area contributed by atoms with Crippen molar-refractivity contribution in [3.05, 3.63) is 30.0 Å². The van der Waals surface area contributed by atoms with E-state index in [1.54, 1.807) is 0 Å². The summed E-state index contributed by atoms with van der Waals surface area (Å²) in [5.74, 6) is 0. The van der Waals surface area contributed by atoms with Gasteiger partial charge in [0.2, 0.25) is 0 Å². The van der Waals surface area contributed by atoms with Gasteiger partial charge in [0.25, 0.3) is 0 Å². The molecule has 2 heteroatoms. The van der Waals surface area contributed by atoms with E-state index in [-0.39, 0.29) is 0 Å². The van der Waals surface area contributed by atoms with Gasteiger partial charge in [-0.05, 0) is 24.5 Å². The summed E-state index contributed by atoms with van der Waals surface area (Å²) < 4.78 is 2.11. The Morgan fingerprint density at radius 1 is 1.20 bits per heavy atom. The molecule has 0 saturated carbocycles. The quantitative estimate of drug-likeness (QED) is 0.743. The van der Waals surface area contributed by atoms with Crippen LogP contribution in [0.3, 0.4) is 0 Å². The maximum atomic E-state index is 4.40. The highest BCUT2D eigenvalue weighted by Gasteiger charge is 2.02. The minimum atomic E-state index is 1.01. The molecule has 2 nitrogen and oxygen atoms in total. The molecule has 0 aliphatic rings. The number of nitrogens with zero attached hydrogens (tertiary/aromatic N) is 2. The molecular formula is C13H18N2. The van der Waals surface area contributed by atoms with Gasteiger partial charge >= 0.3 is 0 Å². The maximum absolute atomic E-state index is 4.40. The van der Waals surface area contributed by atoms with E-state index in [0.29, 0.717) is 0 Å². The van der Waals surface area contributed by atoms with Gasteiger partial charge in [-0.3, -0.25) is 4.68 Å². The van der Waals surface area contributed by atoms with Crippen LogP contribution in [0.25, 0.3) is 10.9 Å². The fourth-order valence-corrected chi connectivity index (χ4v) is 1.95. The van der Waals surface area contributed by atoms with E-state index in [1.165, 1.54) is 22.9 Å². The molecule has 0 saturated heterocycles. The summed E-state index contributed by atoms with van der Waals surface area (Å²) >= 11 is 0. The molecule has 1 aromatic carbocycles. The lowest BCUT2D eigenvalue weighted by atomic mass is 10.1. The minimum absolute atomic E-state index is 1.01. The topological polar surface area (TPSA) is 17.8 Å². The molecule has 0 radical (unpaired) electrons. The van der Waals surface area contributed by atoms with Gasteiger partial charge in [0, 0.05) is 11.9 Å². The number of aromatic nitrogens is 2. The summed E-state index contributed by atoms with van der Waals surface area (Å²) in [5, 5.41) is 5.66. The van der Waals surface area contributed by atoms with E-state index in [0.717, 1.165) is 19.4 Å². The fourth-order valence-electron chi connectivity index (χ4n) is 1.95. The lowest BCUT2D eigenvalue weighted by Gasteiger charge is -2.03. The maximum Gasteiger partial charge on any atom is 0.0685 e. The molecule has 1 heterocycles. The van der Waals surface area contributed by atoms with Gasteiger partial charge in [-0.25, -0.2) is 0 Å². The molecule has 0 unspecified atom stereocenters. The molecule has 2 aromatic rings. The van der Waals surface area contributed by atoms with Crippen LogP contribution in [0.1, 0.15) is 32.3 Å². The monoisotopic (exact) mass is 202 g/mol. The van der Waals surface area contributed by atoms with Crippen LogP contribution in [-0.4, -0.2) is 9.78 Å². The Labute approximate surface area is 90.9 Å². The number of hydrogen-bond donors (Lipinski definition) is 0. The van der Waals surface area contributed by atoms with E-state index in [4.69, 9.17) is 0 Å². The van der Waals surface area contributed by atoms with Crippen LogP contribution in [0.5, 0.6) is 0 Å². The summed E-state index contributed by atoms with van der Waals surface area (Å²) in [6.07, 6.45) is 5.45. The zero-order valence-electron chi connectivity index (χ0n) is 9.53. The summed E-state index contributed by atoms with van der Waals surface area (Å²) in [5.41, 5.74) is 2.70. The Morgan fingerprint density at radius 2 is 2.07 bits per heavy atom. The van der Waals surface area contributed by atoms with Crippen LogP contribution in [0.15, 0.2) is 24.4 Å². The van der Waals surface area contributed by atoms with Crippen LogP contribution in [0.2, 0.25) is 0 Å². The van der Waals surface area contributed by atoms with Crippen LogP contribution in [-0.2, 0) is 13.0 Å². The largest absolute Gasteiger partial charge is 0.265 e. The second-order valence-electron chi connectivity index (χ2n) is 4.01. The first kappa shape index (κ1) is 10.2. The molecule has 0 N–H and O–H groups in total. The first-order valence-electron chi connectivity index (χ1n) is 5.79. The molecular weight excluding hydrogens is 184 g/mol. The molecule has 0 aliphatic heterocycles. The Kier molecular flexibility index (Phi) is 3.05. The van der Waals surface area contributed by atoms with E-state index < -0.39 is 0 Å². The summed E-state index contributed by atoms with van der Waals surface area (Å²) in [4.78, 5) is 0. The van der Waals surface area contributed by atoms with Crippen molar-refractivity contribution in [1.82, 2.24) is 9.78 Å². The van der Waals surface area contributed by atoms with Gasteiger partial charge < -0.3 is 0 Å². The molecule has 0 atom stereocenters. The van der Waals surface area contributed by atoms with Crippen molar-refractivity contribution in [1.29, 1.82) is 0 Å². The zero-order chi connectivity index (χ0) is 10.7. The van der Waals surface area contributed by atoms with Crippen molar-refractivity contribution in [2.75, 3.05) is 0 Å². The van der Waals surface area contributed by atoms with Gasteiger partial charge in [0.15, 0.2) is 0 Å². The van der Waals surface area contributed by atoms with Crippen LogP contribution in [0.4, 0.5) is 0 Å². The van der Waals surface area contributed by atoms with Gasteiger partial charge in [0.05, 0.1) is 11.7 Å². The molecule has 0 spiro atoms. The summed E-state index contributed by atoms with van der Waals surface area (Å²) in [7, 11) is 0. The molecule has 0 bridgehead atoms. The Bertz CT molecular complexity index is 443. The summed E-state index contributed by atoms with van der Waals surface area (Å²) in [6, 6.07) is 6.67. The van der Waals surface area contributed by atoms with Crippen molar-refractivity contribution in [3.63, 3.8) is 0 Å². The SMILES string of the molecule is CCCc1ccc2cnn(CCC)c2c1. The number of hydrogen-bond acceptors (Lipinski definition) is 1. The second-order valence-corrected chi connectivity index (χ2v) is 4.01. The van der Waals surface area contributed by atoms with Crippen molar-refractivity contribution >= 4 is 10.9 Å². The van der Waals surface area contributed by atoms with Gasteiger partial charge in [-0.1, -0.05) is 32.4 Å². The van der Waals surface area contributed by atoms with Gasteiger partial charge in [-0.2, -0.15) is 5.10 Å². The van der Waals surface area contributed by atoms with Crippen LogP contribution < -0.4 is 0 Å². The predicted molar refractivity (Wildman–Crippen MR) is 64.0 cm³/mol. The van der Waals surface area contributed by atoms with Crippen molar-refractivity contribution in [2.24, 2.45) is 0 Å². The number of aryl methyl sites for hydroxylation is 2. The summed E-state index contributed by atoms with van der Waals surface area (Å²) in [6.45, 7) is 5.41. The van der Waals surface area contributed by atoms with Crippen molar-refractivity contribution in [2.45, 2.75) is 39.7 Å². The molecule has 2 rings (SSSR count). The second kappa shape index (κ2) is 4.47. The Morgan fingerprint density at radius 3 is 2.80 bits per heavy atom. The molecule has 0 aliphatic carbocycles.